The van der Waals surface area contributed by atoms with E-state index in [4.69, 9.17) is 11.6 Å². The second-order valence-corrected chi connectivity index (χ2v) is 9.49. The maximum absolute atomic E-state index is 12.8. The minimum absolute atomic E-state index is 0.130. The molecule has 0 radical (unpaired) electrons. The highest BCUT2D eigenvalue weighted by Gasteiger charge is 2.27. The summed E-state index contributed by atoms with van der Waals surface area (Å²) < 4.78 is 27.4. The molecule has 27 heavy (non-hydrogen) atoms. The number of nitro benzene ring substituents is 1. The molecule has 1 aromatic heterocycles. The van der Waals surface area contributed by atoms with Crippen LogP contribution in [0.3, 0.4) is 0 Å². The summed E-state index contributed by atoms with van der Waals surface area (Å²) in [7, 11) is -2.76. The highest BCUT2D eigenvalue weighted by Crippen LogP contribution is 2.33. The van der Waals surface area contributed by atoms with E-state index in [0.717, 1.165) is 31.7 Å². The number of hydrogen-bond donors (Lipinski definition) is 0. The number of rotatable bonds is 5. The zero-order valence-electron chi connectivity index (χ0n) is 13.5. The van der Waals surface area contributed by atoms with E-state index in [0.29, 0.717) is 5.01 Å². The van der Waals surface area contributed by atoms with Gasteiger partial charge in [0.05, 0.1) is 9.82 Å². The van der Waals surface area contributed by atoms with E-state index in [1.54, 1.807) is 0 Å². The first-order chi connectivity index (χ1) is 12.7. The molecule has 140 valence electrons. The summed E-state index contributed by atoms with van der Waals surface area (Å²) >= 11 is 10.2. The number of nitrogens with zero attached hydrogens (tertiary/aromatic N) is 4. The summed E-state index contributed by atoms with van der Waals surface area (Å²) in [5.74, 6) is 0. The number of benzene rings is 2. The van der Waals surface area contributed by atoms with Crippen molar-refractivity contribution in [1.29, 1.82) is 0 Å². The first-order valence-corrected chi connectivity index (χ1v) is 10.6. The van der Waals surface area contributed by atoms with Gasteiger partial charge in [0.15, 0.2) is 0 Å². The second kappa shape index (κ2) is 7.50. The van der Waals surface area contributed by atoms with Crippen LogP contribution >= 0.6 is 38.9 Å². The summed E-state index contributed by atoms with van der Waals surface area (Å²) in [4.78, 5) is 10.0. The van der Waals surface area contributed by atoms with Gasteiger partial charge < -0.3 is 0 Å². The van der Waals surface area contributed by atoms with Crippen molar-refractivity contribution in [2.24, 2.45) is 0 Å². The van der Waals surface area contributed by atoms with Gasteiger partial charge in [0, 0.05) is 23.2 Å². The van der Waals surface area contributed by atoms with Gasteiger partial charge in [-0.25, -0.2) is 12.7 Å². The number of hydrogen-bond acceptors (Lipinski definition) is 7. The minimum Gasteiger partial charge on any atom is -0.258 e. The fourth-order valence-corrected chi connectivity index (χ4v) is 4.74. The Balaban J connectivity index is 1.95. The van der Waals surface area contributed by atoms with Gasteiger partial charge in [-0.1, -0.05) is 51.0 Å². The molecule has 12 heteroatoms. The first kappa shape index (κ1) is 19.7. The molecule has 0 aliphatic rings. The maximum atomic E-state index is 12.8. The third-order valence-corrected chi connectivity index (χ3v) is 7.30. The molecule has 0 fully saturated rings. The topological polar surface area (TPSA) is 106 Å². The zero-order valence-corrected chi connectivity index (χ0v) is 17.5. The van der Waals surface area contributed by atoms with Crippen molar-refractivity contribution in [3.63, 3.8) is 0 Å². The molecule has 0 spiro atoms. The Morgan fingerprint density at radius 1 is 1.19 bits per heavy atom. The van der Waals surface area contributed by atoms with E-state index in [2.05, 4.69) is 26.1 Å². The molecule has 0 bridgehead atoms. The van der Waals surface area contributed by atoms with Crippen LogP contribution in [0.25, 0.3) is 10.6 Å². The molecule has 3 aromatic rings. The fourth-order valence-electron chi connectivity index (χ4n) is 2.11. The van der Waals surface area contributed by atoms with Gasteiger partial charge in [-0.3, -0.25) is 10.1 Å². The lowest BCUT2D eigenvalue weighted by Crippen LogP contribution is -2.26. The van der Waals surface area contributed by atoms with Crippen LogP contribution in [0.1, 0.15) is 0 Å². The van der Waals surface area contributed by atoms with Crippen LogP contribution in [0.5, 0.6) is 0 Å². The Hall–Kier alpha value is -2.08. The van der Waals surface area contributed by atoms with E-state index in [1.807, 2.05) is 24.3 Å². The molecule has 0 saturated carbocycles. The average Bonchev–Trinajstić information content (AvgIpc) is 3.11. The van der Waals surface area contributed by atoms with Crippen LogP contribution in [-0.4, -0.2) is 30.6 Å². The number of aromatic nitrogens is 2. The van der Waals surface area contributed by atoms with Gasteiger partial charge in [-0.05, 0) is 24.3 Å². The van der Waals surface area contributed by atoms with Crippen molar-refractivity contribution in [3.8, 4) is 10.6 Å². The van der Waals surface area contributed by atoms with Gasteiger partial charge in [-0.15, -0.1) is 10.2 Å². The Morgan fingerprint density at radius 2 is 1.85 bits per heavy atom. The molecule has 0 atom stereocenters. The third kappa shape index (κ3) is 3.95. The van der Waals surface area contributed by atoms with E-state index in [9.17, 15) is 18.5 Å². The molecular formula is C15H10BrClN4O4S2. The fraction of sp³-hybridized carbons (Fsp3) is 0.0667. The third-order valence-electron chi connectivity index (χ3n) is 3.55. The number of nitro groups is 1. The molecule has 0 unspecified atom stereocenters. The van der Waals surface area contributed by atoms with Crippen molar-refractivity contribution >= 4 is 59.7 Å². The maximum Gasteiger partial charge on any atom is 0.289 e. The molecule has 0 saturated heterocycles. The van der Waals surface area contributed by atoms with Gasteiger partial charge >= 0.3 is 0 Å². The predicted octanol–water partition coefficient (Wildman–Crippen LogP) is 4.35. The number of anilines is 1. The molecule has 0 N–H and O–H groups in total. The van der Waals surface area contributed by atoms with Crippen molar-refractivity contribution < 1.29 is 13.3 Å². The summed E-state index contributed by atoms with van der Waals surface area (Å²) in [6, 6.07) is 10.6. The van der Waals surface area contributed by atoms with Gasteiger partial charge in [0.2, 0.25) is 5.13 Å². The van der Waals surface area contributed by atoms with Crippen molar-refractivity contribution in [1.82, 2.24) is 10.2 Å². The van der Waals surface area contributed by atoms with Gasteiger partial charge in [0.25, 0.3) is 15.7 Å². The lowest BCUT2D eigenvalue weighted by atomic mass is 10.2. The van der Waals surface area contributed by atoms with Crippen LogP contribution < -0.4 is 4.31 Å². The molecule has 0 aliphatic heterocycles. The lowest BCUT2D eigenvalue weighted by molar-refractivity contribution is -0.384. The van der Waals surface area contributed by atoms with E-state index in [-0.39, 0.29) is 15.0 Å². The molecule has 0 amide bonds. The Labute approximate surface area is 171 Å². The van der Waals surface area contributed by atoms with Crippen molar-refractivity contribution in [3.05, 3.63) is 62.1 Å². The Morgan fingerprint density at radius 3 is 2.48 bits per heavy atom. The van der Waals surface area contributed by atoms with Crippen LogP contribution in [0.2, 0.25) is 5.02 Å². The monoisotopic (exact) mass is 488 g/mol. The minimum atomic E-state index is -4.07. The molecule has 8 nitrogen and oxygen atoms in total. The molecule has 1 heterocycles. The van der Waals surface area contributed by atoms with Crippen molar-refractivity contribution in [2.45, 2.75) is 4.90 Å². The number of sulfonamides is 1. The lowest BCUT2D eigenvalue weighted by Gasteiger charge is -2.15. The standard InChI is InChI=1S/C15H10BrClN4O4S2/c1-20(15-19-18-14(26-15)9-2-4-10(16)5-3-9)27(24,25)11-6-7-12(17)13(8-11)21(22)23/h2-8H,1H3. The van der Waals surface area contributed by atoms with E-state index >= 15 is 0 Å². The molecule has 3 rings (SSSR count). The second-order valence-electron chi connectivity index (χ2n) is 5.24. The highest BCUT2D eigenvalue weighted by molar-refractivity contribution is 9.10. The first-order valence-electron chi connectivity index (χ1n) is 7.22. The van der Waals surface area contributed by atoms with Crippen LogP contribution in [-0.2, 0) is 10.0 Å². The Bertz CT molecular complexity index is 1120. The normalized spacial score (nSPS) is 11.4. The smallest absolute Gasteiger partial charge is 0.258 e. The van der Waals surface area contributed by atoms with E-state index < -0.39 is 20.6 Å². The summed E-state index contributed by atoms with van der Waals surface area (Å²) in [5, 5.41) is 19.5. The SMILES string of the molecule is CN(c1nnc(-c2ccc(Br)cc2)s1)S(=O)(=O)c1ccc(Cl)c([N+](=O)[O-])c1. The van der Waals surface area contributed by atoms with Gasteiger partial charge in [-0.2, -0.15) is 0 Å². The highest BCUT2D eigenvalue weighted by atomic mass is 79.9. The molecule has 2 aromatic carbocycles. The van der Waals surface area contributed by atoms with Crippen LogP contribution in [0, 0.1) is 10.1 Å². The zero-order chi connectivity index (χ0) is 19.8. The summed E-state index contributed by atoms with van der Waals surface area (Å²) in [6.45, 7) is 0. The van der Waals surface area contributed by atoms with Gasteiger partial charge in [0.1, 0.15) is 10.0 Å². The summed E-state index contributed by atoms with van der Waals surface area (Å²) in [6.07, 6.45) is 0. The van der Waals surface area contributed by atoms with Crippen LogP contribution in [0.4, 0.5) is 10.8 Å². The molecule has 0 aliphatic carbocycles. The van der Waals surface area contributed by atoms with E-state index in [1.165, 1.54) is 19.2 Å². The largest absolute Gasteiger partial charge is 0.289 e. The molecular weight excluding hydrogens is 480 g/mol. The predicted molar refractivity (Wildman–Crippen MR) is 107 cm³/mol. The summed E-state index contributed by atoms with van der Waals surface area (Å²) in [5.41, 5.74) is 0.300. The average molecular weight is 490 g/mol. The number of halogens is 2. The Kier molecular flexibility index (Phi) is 5.47. The van der Waals surface area contributed by atoms with Crippen molar-refractivity contribution in [2.75, 3.05) is 11.4 Å². The quantitative estimate of drug-likeness (QED) is 0.389. The van der Waals surface area contributed by atoms with Crippen LogP contribution in [0.15, 0.2) is 51.8 Å².